The topological polar surface area (TPSA) is 89.3 Å². The van der Waals surface area contributed by atoms with Crippen LogP contribution in [0.1, 0.15) is 23.7 Å². The molecular formula is C9H12N2O4S. The number of aromatic nitrogens is 2. The fourth-order valence-electron chi connectivity index (χ4n) is 1.90. The van der Waals surface area contributed by atoms with Crippen LogP contribution in [0.2, 0.25) is 0 Å². The highest BCUT2D eigenvalue weighted by Crippen LogP contribution is 2.29. The molecule has 1 aliphatic rings. The summed E-state index contributed by atoms with van der Waals surface area (Å²) < 4.78 is 24.3. The van der Waals surface area contributed by atoms with Crippen molar-refractivity contribution >= 4 is 15.8 Å². The predicted molar refractivity (Wildman–Crippen MR) is 56.1 cm³/mol. The summed E-state index contributed by atoms with van der Waals surface area (Å²) in [5.74, 6) is -0.914. The van der Waals surface area contributed by atoms with Gasteiger partial charge in [0.05, 0.1) is 28.8 Å². The molecule has 16 heavy (non-hydrogen) atoms. The van der Waals surface area contributed by atoms with Gasteiger partial charge >= 0.3 is 5.97 Å². The molecule has 2 rings (SSSR count). The minimum absolute atomic E-state index is 0.0146. The largest absolute Gasteiger partial charge is 0.478 e. The van der Waals surface area contributed by atoms with Crippen LogP contribution >= 0.6 is 0 Å². The Balaban J connectivity index is 2.34. The third kappa shape index (κ3) is 1.82. The first-order valence-electron chi connectivity index (χ1n) is 4.81. The van der Waals surface area contributed by atoms with Crippen molar-refractivity contribution in [3.8, 4) is 0 Å². The maximum Gasteiger partial charge on any atom is 0.338 e. The molecule has 1 aliphatic heterocycles. The highest BCUT2D eigenvalue weighted by atomic mass is 32.2. The van der Waals surface area contributed by atoms with E-state index in [4.69, 9.17) is 5.11 Å². The molecule has 1 aromatic rings. The lowest BCUT2D eigenvalue weighted by Crippen LogP contribution is -2.31. The van der Waals surface area contributed by atoms with Gasteiger partial charge in [0, 0.05) is 6.20 Å². The normalized spacial score (nSPS) is 28.1. The van der Waals surface area contributed by atoms with Crippen molar-refractivity contribution in [3.05, 3.63) is 18.0 Å². The standard InChI is InChI=1S/C9H12N2O4S/c1-9(2-3-16(14,15)6-9)11-5-7(4-10-11)8(12)13/h4-5H,2-3,6H2,1H3,(H,12,13). The summed E-state index contributed by atoms with van der Waals surface area (Å²) in [6.45, 7) is 1.77. The highest BCUT2D eigenvalue weighted by Gasteiger charge is 2.40. The summed E-state index contributed by atoms with van der Waals surface area (Å²) in [4.78, 5) is 10.7. The second-order valence-corrected chi connectivity index (χ2v) is 6.50. The van der Waals surface area contributed by atoms with Gasteiger partial charge in [-0.15, -0.1) is 0 Å². The number of carboxylic acids is 1. The van der Waals surface area contributed by atoms with E-state index in [0.717, 1.165) is 0 Å². The Bertz CT molecular complexity index is 533. The summed E-state index contributed by atoms with van der Waals surface area (Å²) >= 11 is 0. The number of carboxylic acid groups (broad SMARTS) is 1. The maximum atomic E-state index is 11.4. The zero-order valence-electron chi connectivity index (χ0n) is 8.75. The smallest absolute Gasteiger partial charge is 0.338 e. The van der Waals surface area contributed by atoms with Crippen molar-refractivity contribution in [2.75, 3.05) is 11.5 Å². The molecule has 0 saturated carbocycles. The molecule has 0 bridgehead atoms. The Morgan fingerprint density at radius 2 is 2.31 bits per heavy atom. The summed E-state index contributed by atoms with van der Waals surface area (Å²) in [5, 5.41) is 12.7. The molecule has 1 fully saturated rings. The Morgan fingerprint density at radius 3 is 2.75 bits per heavy atom. The molecule has 2 heterocycles. The van der Waals surface area contributed by atoms with Crippen LogP contribution in [0.25, 0.3) is 0 Å². The molecule has 1 unspecified atom stereocenters. The zero-order valence-corrected chi connectivity index (χ0v) is 9.57. The average molecular weight is 244 g/mol. The van der Waals surface area contributed by atoms with E-state index in [2.05, 4.69) is 5.10 Å². The molecule has 0 spiro atoms. The first-order valence-corrected chi connectivity index (χ1v) is 6.63. The van der Waals surface area contributed by atoms with Crippen LogP contribution in [0.4, 0.5) is 0 Å². The van der Waals surface area contributed by atoms with Gasteiger partial charge in [-0.05, 0) is 13.3 Å². The van der Waals surface area contributed by atoms with Crippen LogP contribution in [-0.2, 0) is 15.4 Å². The number of aromatic carboxylic acids is 1. The van der Waals surface area contributed by atoms with Crippen molar-refractivity contribution in [1.29, 1.82) is 0 Å². The maximum absolute atomic E-state index is 11.4. The first-order chi connectivity index (χ1) is 7.32. The van der Waals surface area contributed by atoms with Crippen molar-refractivity contribution in [2.24, 2.45) is 0 Å². The monoisotopic (exact) mass is 244 g/mol. The number of carbonyl (C=O) groups is 1. The molecular weight excluding hydrogens is 232 g/mol. The first kappa shape index (κ1) is 11.1. The van der Waals surface area contributed by atoms with Crippen molar-refractivity contribution in [3.63, 3.8) is 0 Å². The predicted octanol–water partition coefficient (Wildman–Crippen LogP) is 0.115. The van der Waals surface area contributed by atoms with E-state index in [9.17, 15) is 13.2 Å². The van der Waals surface area contributed by atoms with Gasteiger partial charge in [0.15, 0.2) is 9.84 Å². The van der Waals surface area contributed by atoms with Crippen molar-refractivity contribution < 1.29 is 18.3 Å². The molecule has 0 aliphatic carbocycles. The van der Waals surface area contributed by atoms with E-state index in [0.29, 0.717) is 6.42 Å². The van der Waals surface area contributed by atoms with Gasteiger partial charge in [-0.25, -0.2) is 13.2 Å². The van der Waals surface area contributed by atoms with E-state index >= 15 is 0 Å². The lowest BCUT2D eigenvalue weighted by molar-refractivity contribution is 0.0696. The number of nitrogens with zero attached hydrogens (tertiary/aromatic N) is 2. The van der Waals surface area contributed by atoms with E-state index in [1.165, 1.54) is 17.1 Å². The van der Waals surface area contributed by atoms with Gasteiger partial charge in [-0.2, -0.15) is 5.10 Å². The highest BCUT2D eigenvalue weighted by molar-refractivity contribution is 7.91. The summed E-state index contributed by atoms with van der Waals surface area (Å²) in [7, 11) is -3.02. The number of hydrogen-bond donors (Lipinski definition) is 1. The lowest BCUT2D eigenvalue weighted by Gasteiger charge is -2.22. The summed E-state index contributed by atoms with van der Waals surface area (Å²) in [6, 6.07) is 0. The Morgan fingerprint density at radius 1 is 1.62 bits per heavy atom. The van der Waals surface area contributed by atoms with E-state index in [1.54, 1.807) is 6.92 Å². The molecule has 88 valence electrons. The molecule has 0 aromatic carbocycles. The molecule has 6 nitrogen and oxygen atoms in total. The van der Waals surface area contributed by atoms with Crippen LogP contribution < -0.4 is 0 Å². The fourth-order valence-corrected chi connectivity index (χ4v) is 4.02. The zero-order chi connectivity index (χ0) is 12.0. The van der Waals surface area contributed by atoms with E-state index < -0.39 is 21.3 Å². The quantitative estimate of drug-likeness (QED) is 0.797. The molecule has 1 N–H and O–H groups in total. The molecule has 1 aromatic heterocycles. The van der Waals surface area contributed by atoms with Gasteiger partial charge in [0.25, 0.3) is 0 Å². The van der Waals surface area contributed by atoms with E-state index in [-0.39, 0.29) is 17.1 Å². The molecule has 1 saturated heterocycles. The van der Waals surface area contributed by atoms with Gasteiger partial charge < -0.3 is 5.11 Å². The van der Waals surface area contributed by atoms with Gasteiger partial charge in [0.1, 0.15) is 0 Å². The molecule has 7 heteroatoms. The van der Waals surface area contributed by atoms with E-state index in [1.807, 2.05) is 0 Å². The third-order valence-corrected chi connectivity index (χ3v) is 4.75. The molecule has 0 amide bonds. The van der Waals surface area contributed by atoms with Gasteiger partial charge in [-0.3, -0.25) is 4.68 Å². The van der Waals surface area contributed by atoms with Gasteiger partial charge in [0.2, 0.25) is 0 Å². The van der Waals surface area contributed by atoms with Gasteiger partial charge in [-0.1, -0.05) is 0 Å². The lowest BCUT2D eigenvalue weighted by atomic mass is 10.0. The molecule has 0 radical (unpaired) electrons. The second-order valence-electron chi connectivity index (χ2n) is 4.32. The number of hydrogen-bond acceptors (Lipinski definition) is 4. The Labute approximate surface area is 92.8 Å². The second kappa shape index (κ2) is 3.31. The van der Waals surface area contributed by atoms with Crippen LogP contribution in [-0.4, -0.2) is 40.8 Å². The number of sulfone groups is 1. The Kier molecular flexibility index (Phi) is 2.30. The van der Waals surface area contributed by atoms with Crippen molar-refractivity contribution in [2.45, 2.75) is 18.9 Å². The van der Waals surface area contributed by atoms with Crippen molar-refractivity contribution in [1.82, 2.24) is 9.78 Å². The SMILES string of the molecule is CC1(n2cc(C(=O)O)cn2)CCS(=O)(=O)C1. The average Bonchev–Trinajstić information content (AvgIpc) is 2.71. The van der Waals surface area contributed by atoms with Crippen LogP contribution in [0.5, 0.6) is 0 Å². The fraction of sp³-hybridized carbons (Fsp3) is 0.556. The third-order valence-electron chi connectivity index (χ3n) is 2.87. The summed E-state index contributed by atoms with van der Waals surface area (Å²) in [6.07, 6.45) is 3.08. The Hall–Kier alpha value is -1.37. The van der Waals surface area contributed by atoms with Crippen LogP contribution in [0.15, 0.2) is 12.4 Å². The molecule has 1 atom stereocenters. The summed E-state index contributed by atoms with van der Waals surface area (Å²) in [5.41, 5.74) is -0.544. The van der Waals surface area contributed by atoms with Crippen LogP contribution in [0.3, 0.4) is 0 Å². The minimum Gasteiger partial charge on any atom is -0.478 e. The number of rotatable bonds is 2. The minimum atomic E-state index is -3.02. The van der Waals surface area contributed by atoms with Crippen LogP contribution in [0, 0.1) is 0 Å².